The van der Waals surface area contributed by atoms with E-state index in [2.05, 4.69) is 18.7 Å². The zero-order chi connectivity index (χ0) is 36.0. The lowest BCUT2D eigenvalue weighted by molar-refractivity contribution is -0.219. The number of rotatable bonds is 19. The van der Waals surface area contributed by atoms with Crippen molar-refractivity contribution in [2.45, 2.75) is 94.3 Å². The first kappa shape index (κ1) is 38.9. The second-order valence-corrected chi connectivity index (χ2v) is 13.4. The molecule has 2 N–H and O–H groups in total. The number of benzene rings is 3. The molecule has 270 valence electrons. The molecule has 1 fully saturated rings. The lowest BCUT2D eigenvalue weighted by atomic mass is 9.77. The number of cyclic esters (lactones) is 2. The maximum absolute atomic E-state index is 13.6. The smallest absolute Gasteiger partial charge is 0.341 e. The average Bonchev–Trinajstić information content (AvgIpc) is 3.11. The summed E-state index contributed by atoms with van der Waals surface area (Å²) >= 11 is 7.43. The summed E-state index contributed by atoms with van der Waals surface area (Å²) in [6, 6.07) is 23.9. The predicted octanol–water partition coefficient (Wildman–Crippen LogP) is 7.56. The minimum atomic E-state index is -2.70. The lowest BCUT2D eigenvalue weighted by Gasteiger charge is -2.48. The van der Waals surface area contributed by atoms with Gasteiger partial charge in [-0.2, -0.15) is 0 Å². The first-order valence-corrected chi connectivity index (χ1v) is 18.1. The number of halogens is 1. The molecule has 1 aliphatic rings. The van der Waals surface area contributed by atoms with E-state index in [0.29, 0.717) is 23.5 Å². The van der Waals surface area contributed by atoms with Gasteiger partial charge in [0.1, 0.15) is 5.75 Å². The molecule has 1 heterocycles. The van der Waals surface area contributed by atoms with Crippen molar-refractivity contribution in [2.24, 2.45) is 0 Å². The Hall–Kier alpha value is -3.92. The summed E-state index contributed by atoms with van der Waals surface area (Å²) in [6.45, 7) is 8.41. The number of carboxylic acids is 1. The molecule has 9 nitrogen and oxygen atoms in total. The van der Waals surface area contributed by atoms with Crippen LogP contribution in [-0.4, -0.2) is 64.9 Å². The summed E-state index contributed by atoms with van der Waals surface area (Å²) in [5, 5.41) is 18.3. The molecule has 0 aliphatic carbocycles. The highest BCUT2D eigenvalue weighted by Gasteiger charge is 2.64. The van der Waals surface area contributed by atoms with E-state index in [1.165, 1.54) is 45.1 Å². The van der Waals surface area contributed by atoms with Gasteiger partial charge in [0.05, 0.1) is 19.4 Å². The van der Waals surface area contributed by atoms with Crippen LogP contribution < -0.4 is 4.74 Å². The van der Waals surface area contributed by atoms with E-state index in [1.54, 1.807) is 84.9 Å². The van der Waals surface area contributed by atoms with Crippen molar-refractivity contribution in [3.8, 4) is 5.75 Å². The molecule has 0 aromatic heterocycles. The summed E-state index contributed by atoms with van der Waals surface area (Å²) < 4.78 is 18.2. The van der Waals surface area contributed by atoms with Gasteiger partial charge in [-0.3, -0.25) is 9.59 Å². The van der Waals surface area contributed by atoms with E-state index in [-0.39, 0.29) is 5.56 Å². The van der Waals surface area contributed by atoms with Gasteiger partial charge in [0.2, 0.25) is 5.60 Å². The van der Waals surface area contributed by atoms with Crippen LogP contribution in [0.2, 0.25) is 0 Å². The van der Waals surface area contributed by atoms with Crippen molar-refractivity contribution in [3.05, 3.63) is 102 Å². The van der Waals surface area contributed by atoms with Gasteiger partial charge in [-0.15, -0.1) is 0 Å². The van der Waals surface area contributed by atoms with Crippen molar-refractivity contribution in [1.29, 1.82) is 0 Å². The summed E-state index contributed by atoms with van der Waals surface area (Å²) in [5.74, 6) is -3.28. The SMILES string of the molecule is CCN(CC)CCCCCCCCCCOc1ccc(C2(c3ccccc3)OC(=O)CC(O)(CC(=O)O)C(=O)OC2(Cl)c2ccccc2)cc1. The number of ether oxygens (including phenoxy) is 3. The third kappa shape index (κ3) is 9.44. The fraction of sp³-hybridized carbons (Fsp3) is 0.475. The zero-order valence-electron chi connectivity index (χ0n) is 29.2. The van der Waals surface area contributed by atoms with Crippen molar-refractivity contribution in [1.82, 2.24) is 4.90 Å². The third-order valence-corrected chi connectivity index (χ3v) is 9.89. The molecule has 3 aromatic carbocycles. The normalized spacial score (nSPS) is 22.3. The van der Waals surface area contributed by atoms with Crippen molar-refractivity contribution in [3.63, 3.8) is 0 Å². The van der Waals surface area contributed by atoms with Crippen LogP contribution in [0.1, 0.15) is 94.7 Å². The summed E-state index contributed by atoms with van der Waals surface area (Å²) in [7, 11) is 0. The Morgan fingerprint density at radius 2 is 1.28 bits per heavy atom. The van der Waals surface area contributed by atoms with Gasteiger partial charge in [0.25, 0.3) is 5.06 Å². The van der Waals surface area contributed by atoms with Crippen LogP contribution >= 0.6 is 11.6 Å². The number of carbonyl (C=O) groups excluding carboxylic acids is 2. The summed E-state index contributed by atoms with van der Waals surface area (Å²) in [5.41, 5.74) is -3.66. The van der Waals surface area contributed by atoms with Gasteiger partial charge >= 0.3 is 17.9 Å². The molecule has 0 spiro atoms. The number of aliphatic hydroxyl groups is 1. The maximum Gasteiger partial charge on any atom is 0.341 e. The van der Waals surface area contributed by atoms with Gasteiger partial charge in [-0.05, 0) is 44.6 Å². The monoisotopic (exact) mass is 707 g/mol. The molecular formula is C40H50ClNO8. The highest BCUT2D eigenvalue weighted by atomic mass is 35.5. The molecular weight excluding hydrogens is 658 g/mol. The maximum atomic E-state index is 13.6. The van der Waals surface area contributed by atoms with E-state index in [4.69, 9.17) is 25.8 Å². The van der Waals surface area contributed by atoms with E-state index in [1.807, 2.05) is 0 Å². The molecule has 3 atom stereocenters. The van der Waals surface area contributed by atoms with E-state index >= 15 is 0 Å². The number of carboxylic acid groups (broad SMARTS) is 1. The van der Waals surface area contributed by atoms with E-state index < -0.39 is 47.0 Å². The van der Waals surface area contributed by atoms with Crippen LogP contribution in [0.15, 0.2) is 84.9 Å². The number of hydrogen-bond donors (Lipinski definition) is 2. The Kier molecular flexibility index (Phi) is 14.3. The second-order valence-electron chi connectivity index (χ2n) is 12.9. The second kappa shape index (κ2) is 18.4. The molecule has 3 aromatic rings. The highest BCUT2D eigenvalue weighted by molar-refractivity contribution is 6.25. The molecule has 3 unspecified atom stereocenters. The molecule has 4 rings (SSSR count). The Balaban J connectivity index is 1.50. The van der Waals surface area contributed by atoms with Crippen molar-refractivity contribution < 1.29 is 38.8 Å². The molecule has 0 amide bonds. The molecule has 1 saturated heterocycles. The van der Waals surface area contributed by atoms with Gasteiger partial charge in [-0.1, -0.05) is 137 Å². The number of carbonyl (C=O) groups is 3. The topological polar surface area (TPSA) is 123 Å². The van der Waals surface area contributed by atoms with Gasteiger partial charge in [0.15, 0.2) is 5.60 Å². The van der Waals surface area contributed by atoms with Gasteiger partial charge in [-0.25, -0.2) is 4.79 Å². The van der Waals surface area contributed by atoms with Crippen LogP contribution in [0.25, 0.3) is 0 Å². The van der Waals surface area contributed by atoms with Crippen molar-refractivity contribution in [2.75, 3.05) is 26.2 Å². The van der Waals surface area contributed by atoms with Gasteiger partial charge in [0, 0.05) is 16.7 Å². The van der Waals surface area contributed by atoms with E-state index in [9.17, 15) is 24.6 Å². The molecule has 1 aliphatic heterocycles. The number of aliphatic carboxylic acids is 1. The number of nitrogens with zero attached hydrogens (tertiary/aromatic N) is 1. The van der Waals surface area contributed by atoms with Crippen molar-refractivity contribution >= 4 is 29.5 Å². The Morgan fingerprint density at radius 1 is 0.760 bits per heavy atom. The average molecular weight is 708 g/mol. The van der Waals surface area contributed by atoms with Gasteiger partial charge < -0.3 is 29.3 Å². The Bertz CT molecular complexity index is 1520. The minimum Gasteiger partial charge on any atom is -0.494 e. The summed E-state index contributed by atoms with van der Waals surface area (Å²) in [4.78, 5) is 41.3. The Labute approximate surface area is 300 Å². The first-order valence-electron chi connectivity index (χ1n) is 17.7. The lowest BCUT2D eigenvalue weighted by Crippen LogP contribution is -2.58. The van der Waals surface area contributed by atoms with E-state index in [0.717, 1.165) is 25.9 Å². The standard InChI is InChI=1S/C40H50ClNO8/c1-3-42(4-2)27-17-9-7-5-6-8-10-18-28-48-34-25-23-32(24-26-34)39(31-19-13-11-14-20-31)40(41,33-21-15-12-16-22-33)50-37(46)38(47,29-35(43)44)30-36(45)49-39/h11-16,19-26,47H,3-10,17-18,27-30H2,1-2H3,(H,43,44). The predicted molar refractivity (Wildman–Crippen MR) is 192 cm³/mol. The third-order valence-electron chi connectivity index (χ3n) is 9.33. The largest absolute Gasteiger partial charge is 0.494 e. The van der Waals surface area contributed by atoms with Crippen LogP contribution in [-0.2, 0) is 34.5 Å². The fourth-order valence-corrected chi connectivity index (χ4v) is 6.97. The molecule has 0 bridgehead atoms. The number of hydrogen-bond acceptors (Lipinski definition) is 8. The molecule has 0 radical (unpaired) electrons. The molecule has 10 heteroatoms. The number of esters is 2. The van der Waals surface area contributed by atoms with Crippen LogP contribution in [0.5, 0.6) is 5.75 Å². The molecule has 0 saturated carbocycles. The number of unbranched alkanes of at least 4 members (excludes halogenated alkanes) is 7. The van der Waals surface area contributed by atoms with Crippen LogP contribution in [0.4, 0.5) is 0 Å². The molecule has 50 heavy (non-hydrogen) atoms. The Morgan fingerprint density at radius 3 is 1.84 bits per heavy atom. The van der Waals surface area contributed by atoms with Crippen LogP contribution in [0, 0.1) is 0 Å². The zero-order valence-corrected chi connectivity index (χ0v) is 29.9. The minimum absolute atomic E-state index is 0.242. The number of alkyl halides is 1. The quantitative estimate of drug-likeness (QED) is 0.0738. The first-order chi connectivity index (χ1) is 24.1. The van der Waals surface area contributed by atoms with Crippen LogP contribution in [0.3, 0.4) is 0 Å². The highest BCUT2D eigenvalue weighted by Crippen LogP contribution is 2.55. The fourth-order valence-electron chi connectivity index (χ4n) is 6.52. The summed E-state index contributed by atoms with van der Waals surface area (Å²) in [6.07, 6.45) is 7.44.